The van der Waals surface area contributed by atoms with Crippen molar-refractivity contribution in [3.63, 3.8) is 0 Å². The molecule has 2 unspecified atom stereocenters. The minimum Gasteiger partial charge on any atom is -0.455 e. The summed E-state index contributed by atoms with van der Waals surface area (Å²) in [5.74, 6) is -1.63. The second-order valence-corrected chi connectivity index (χ2v) is 9.86. The topological polar surface area (TPSA) is 47.3 Å². The summed E-state index contributed by atoms with van der Waals surface area (Å²) in [5, 5.41) is 6.51. The highest BCUT2D eigenvalue weighted by molar-refractivity contribution is 6.44. The molecule has 9 rings (SSSR count). The summed E-state index contributed by atoms with van der Waals surface area (Å²) in [6.07, 6.45) is 5.75. The van der Waals surface area contributed by atoms with Crippen LogP contribution >= 0.6 is 0 Å². The average Bonchev–Trinajstić information content (AvgIpc) is 3.33. The fraction of sp³-hybridized carbons (Fsp3) is 0.0588. The standard InChI is InChI=1S/C34H20O3/c35-32-19-16-17-25(33(32)36)28(18-19)31-23-11-3-1-9-21(23)30(22-10-2-4-12-24(22)31)27-14-7-13-26-20-8-5-6-15-29(20)37-34(26)27/h1-19,25H. The molecule has 37 heavy (non-hydrogen) atoms. The summed E-state index contributed by atoms with van der Waals surface area (Å²) >= 11 is 0. The zero-order chi connectivity index (χ0) is 24.7. The van der Waals surface area contributed by atoms with Gasteiger partial charge < -0.3 is 4.42 Å². The number of rotatable bonds is 2. The second-order valence-electron chi connectivity index (χ2n) is 9.86. The first-order valence-electron chi connectivity index (χ1n) is 12.5. The van der Waals surface area contributed by atoms with Crippen molar-refractivity contribution in [1.29, 1.82) is 0 Å². The molecule has 0 N–H and O–H groups in total. The Balaban J connectivity index is 1.52. The lowest BCUT2D eigenvalue weighted by Crippen LogP contribution is -2.36. The van der Waals surface area contributed by atoms with Gasteiger partial charge in [0.1, 0.15) is 11.2 Å². The predicted octanol–water partition coefficient (Wildman–Crippen LogP) is 7.90. The number of benzene rings is 5. The van der Waals surface area contributed by atoms with Gasteiger partial charge >= 0.3 is 0 Å². The number of Topliss-reactive ketones (excluding diaryl/α,β-unsaturated/α-hetero) is 2. The van der Waals surface area contributed by atoms with E-state index in [1.165, 1.54) is 0 Å². The first-order chi connectivity index (χ1) is 18.2. The second kappa shape index (κ2) is 7.37. The van der Waals surface area contributed by atoms with Crippen LogP contribution in [0.1, 0.15) is 5.56 Å². The Bertz CT molecular complexity index is 1980. The number of carbonyl (C=O) groups excluding carboxylic acids is 2. The van der Waals surface area contributed by atoms with Crippen LogP contribution in [-0.4, -0.2) is 11.6 Å². The first kappa shape index (κ1) is 20.4. The highest BCUT2D eigenvalue weighted by atomic mass is 16.3. The quantitative estimate of drug-likeness (QED) is 0.145. The minimum absolute atomic E-state index is 0.307. The molecule has 0 fully saturated rings. The maximum atomic E-state index is 12.9. The number of hydrogen-bond donors (Lipinski definition) is 0. The highest BCUT2D eigenvalue weighted by Gasteiger charge is 2.40. The molecule has 3 heteroatoms. The maximum absolute atomic E-state index is 12.9. The molecule has 0 radical (unpaired) electrons. The van der Waals surface area contributed by atoms with Crippen molar-refractivity contribution in [2.75, 3.05) is 0 Å². The van der Waals surface area contributed by atoms with Crippen LogP contribution < -0.4 is 0 Å². The third kappa shape index (κ3) is 2.71. The highest BCUT2D eigenvalue weighted by Crippen LogP contribution is 2.48. The van der Waals surface area contributed by atoms with Crippen LogP contribution in [0.15, 0.2) is 114 Å². The Morgan fingerprint density at radius 2 is 1.14 bits per heavy atom. The Kier molecular flexibility index (Phi) is 4.07. The van der Waals surface area contributed by atoms with Crippen LogP contribution in [0, 0.1) is 11.8 Å². The number of carbonyl (C=O) groups is 2. The van der Waals surface area contributed by atoms with E-state index in [1.807, 2.05) is 48.6 Å². The van der Waals surface area contributed by atoms with Gasteiger partial charge in [-0.15, -0.1) is 0 Å². The molecule has 5 aromatic carbocycles. The fourth-order valence-corrected chi connectivity index (χ4v) is 6.31. The van der Waals surface area contributed by atoms with Gasteiger partial charge in [-0.1, -0.05) is 103 Å². The monoisotopic (exact) mass is 476 g/mol. The van der Waals surface area contributed by atoms with Crippen LogP contribution in [0.4, 0.5) is 0 Å². The van der Waals surface area contributed by atoms with Gasteiger partial charge in [0.25, 0.3) is 0 Å². The number of allylic oxidation sites excluding steroid dienone is 4. The van der Waals surface area contributed by atoms with Gasteiger partial charge in [-0.25, -0.2) is 0 Å². The van der Waals surface area contributed by atoms with Crippen LogP contribution in [0.2, 0.25) is 0 Å². The van der Waals surface area contributed by atoms with Crippen LogP contribution in [0.5, 0.6) is 0 Å². The summed E-state index contributed by atoms with van der Waals surface area (Å²) < 4.78 is 6.45. The molecule has 2 atom stereocenters. The third-order valence-corrected chi connectivity index (χ3v) is 7.93. The molecule has 2 bridgehead atoms. The minimum atomic E-state index is -0.533. The van der Waals surface area contributed by atoms with Gasteiger partial charge in [-0.3, -0.25) is 9.59 Å². The molecule has 1 heterocycles. The summed E-state index contributed by atoms with van der Waals surface area (Å²) in [6, 6.07) is 31.2. The molecule has 0 saturated heterocycles. The first-order valence-corrected chi connectivity index (χ1v) is 12.5. The molecule has 0 saturated carbocycles. The van der Waals surface area contributed by atoms with E-state index in [0.29, 0.717) is 0 Å². The zero-order valence-corrected chi connectivity index (χ0v) is 19.8. The van der Waals surface area contributed by atoms with Gasteiger partial charge in [0.2, 0.25) is 11.6 Å². The lowest BCUT2D eigenvalue weighted by molar-refractivity contribution is -0.139. The average molecular weight is 477 g/mol. The molecule has 0 aliphatic heterocycles. The van der Waals surface area contributed by atoms with Gasteiger partial charge in [-0.2, -0.15) is 0 Å². The summed E-state index contributed by atoms with van der Waals surface area (Å²) in [7, 11) is 0. The van der Waals surface area contributed by atoms with Crippen LogP contribution in [0.3, 0.4) is 0 Å². The van der Waals surface area contributed by atoms with Crippen LogP contribution in [0.25, 0.3) is 60.2 Å². The van der Waals surface area contributed by atoms with Crippen LogP contribution in [-0.2, 0) is 9.59 Å². The Morgan fingerprint density at radius 1 is 0.541 bits per heavy atom. The fourth-order valence-electron chi connectivity index (χ4n) is 6.31. The summed E-state index contributed by atoms with van der Waals surface area (Å²) in [4.78, 5) is 25.4. The van der Waals surface area contributed by atoms with E-state index in [4.69, 9.17) is 4.42 Å². The van der Waals surface area contributed by atoms with Gasteiger partial charge in [0.15, 0.2) is 0 Å². The van der Waals surface area contributed by atoms with Crippen molar-refractivity contribution < 1.29 is 14.0 Å². The number of furan rings is 1. The Morgan fingerprint density at radius 3 is 1.81 bits per heavy atom. The Labute approximate surface area is 212 Å². The normalized spacial score (nSPS) is 19.0. The van der Waals surface area contributed by atoms with Gasteiger partial charge in [-0.05, 0) is 38.7 Å². The van der Waals surface area contributed by atoms with E-state index in [-0.39, 0.29) is 11.6 Å². The SMILES string of the molecule is O=C1C(=O)C2C=CC1C=C2c1c2ccccc2c(-c2cccc3c2oc2ccccc23)c2ccccc12. The third-order valence-electron chi connectivity index (χ3n) is 7.93. The zero-order valence-electron chi connectivity index (χ0n) is 19.8. The smallest absolute Gasteiger partial charge is 0.210 e. The van der Waals surface area contributed by atoms with E-state index in [1.54, 1.807) is 0 Å². The lowest BCUT2D eigenvalue weighted by Gasteiger charge is -2.30. The molecule has 174 valence electrons. The molecular weight excluding hydrogens is 456 g/mol. The number of hydrogen-bond acceptors (Lipinski definition) is 3. The van der Waals surface area contributed by atoms with E-state index in [9.17, 15) is 9.59 Å². The molecular formula is C34H20O3. The Hall–Kier alpha value is -4.76. The lowest BCUT2D eigenvalue weighted by atomic mass is 9.71. The molecule has 6 aromatic rings. The van der Waals surface area contributed by atoms with E-state index < -0.39 is 11.8 Å². The van der Waals surface area contributed by atoms with E-state index >= 15 is 0 Å². The number of ketones is 2. The molecule has 3 aliphatic carbocycles. The van der Waals surface area contributed by atoms with Crippen molar-refractivity contribution in [1.82, 2.24) is 0 Å². The number of fused-ring (bicyclic) bond motifs is 6. The van der Waals surface area contributed by atoms with Crippen molar-refractivity contribution in [2.45, 2.75) is 0 Å². The maximum Gasteiger partial charge on any atom is 0.210 e. The van der Waals surface area contributed by atoms with Crippen molar-refractivity contribution in [3.05, 3.63) is 115 Å². The van der Waals surface area contributed by atoms with E-state index in [0.717, 1.165) is 65.7 Å². The number of para-hydroxylation sites is 2. The summed E-state index contributed by atoms with van der Waals surface area (Å²) in [6.45, 7) is 0. The molecule has 3 aliphatic rings. The van der Waals surface area contributed by atoms with Crippen molar-refractivity contribution in [2.24, 2.45) is 11.8 Å². The van der Waals surface area contributed by atoms with Gasteiger partial charge in [0.05, 0.1) is 11.8 Å². The van der Waals surface area contributed by atoms with Gasteiger partial charge in [0, 0.05) is 21.9 Å². The van der Waals surface area contributed by atoms with Crippen molar-refractivity contribution >= 4 is 60.6 Å². The molecule has 0 amide bonds. The predicted molar refractivity (Wildman–Crippen MR) is 148 cm³/mol. The molecule has 3 nitrogen and oxygen atoms in total. The molecule has 1 aromatic heterocycles. The largest absolute Gasteiger partial charge is 0.455 e. The summed E-state index contributed by atoms with van der Waals surface area (Å²) in [5.41, 5.74) is 5.85. The molecule has 0 spiro atoms. The van der Waals surface area contributed by atoms with Crippen molar-refractivity contribution in [3.8, 4) is 11.1 Å². The van der Waals surface area contributed by atoms with E-state index in [2.05, 4.69) is 60.7 Å².